The second-order valence-corrected chi connectivity index (χ2v) is 12.6. The van der Waals surface area contributed by atoms with E-state index in [1.807, 2.05) is 11.3 Å². The molecule has 0 atom stereocenters. The molecule has 0 N–H and O–H groups in total. The molecule has 31 heavy (non-hydrogen) atoms. The van der Waals surface area contributed by atoms with Gasteiger partial charge >= 0.3 is 0 Å². The highest BCUT2D eigenvalue weighted by atomic mass is 32.1. The summed E-state index contributed by atoms with van der Waals surface area (Å²) < 4.78 is 2.71. The van der Waals surface area contributed by atoms with Gasteiger partial charge in [0, 0.05) is 19.7 Å². The van der Waals surface area contributed by atoms with E-state index in [0.29, 0.717) is 5.41 Å². The maximum Gasteiger partial charge on any atom is 0.110 e. The lowest BCUT2D eigenvalue weighted by atomic mass is 9.60. The minimum atomic E-state index is 0.443. The highest BCUT2D eigenvalue weighted by Gasteiger charge is 2.43. The van der Waals surface area contributed by atoms with Crippen LogP contribution in [0.4, 0.5) is 0 Å². The third kappa shape index (κ3) is 5.56. The molecule has 2 aromatic heterocycles. The molecule has 2 heterocycles. The van der Waals surface area contributed by atoms with Crippen LogP contribution < -0.4 is 0 Å². The molecule has 2 aliphatic carbocycles. The van der Waals surface area contributed by atoms with Crippen LogP contribution in [0.2, 0.25) is 0 Å². The average molecular weight is 456 g/mol. The van der Waals surface area contributed by atoms with Crippen molar-refractivity contribution in [3.63, 3.8) is 0 Å². The fourth-order valence-corrected chi connectivity index (χ4v) is 9.09. The summed E-state index contributed by atoms with van der Waals surface area (Å²) in [7, 11) is 0. The van der Waals surface area contributed by atoms with Crippen LogP contribution in [0.3, 0.4) is 0 Å². The standard InChI is InChI=1S/C28H41NS2/c1-2-3-4-5-6-7-9-12-22-13-15-23(16-14-22)28(17-10-8-11-18-28)27-20-26-25(31-27)19-24(21-29)30-26/h19-20,22-23H,2-18H2,1H3/t22-,23-. The van der Waals surface area contributed by atoms with Crippen LogP contribution in [0.25, 0.3) is 9.40 Å². The smallest absolute Gasteiger partial charge is 0.110 e. The third-order valence-electron chi connectivity index (χ3n) is 8.40. The molecule has 2 aromatic rings. The Balaban J connectivity index is 1.33. The van der Waals surface area contributed by atoms with Gasteiger partial charge in [-0.2, -0.15) is 5.26 Å². The molecule has 0 saturated heterocycles. The zero-order valence-electron chi connectivity index (χ0n) is 19.6. The van der Waals surface area contributed by atoms with Crippen LogP contribution in [-0.2, 0) is 5.41 Å². The van der Waals surface area contributed by atoms with Crippen molar-refractivity contribution >= 4 is 32.1 Å². The van der Waals surface area contributed by atoms with E-state index in [-0.39, 0.29) is 0 Å². The predicted octanol–water partition coefficient (Wildman–Crippen LogP) is 9.98. The van der Waals surface area contributed by atoms with Gasteiger partial charge in [0.2, 0.25) is 0 Å². The van der Waals surface area contributed by atoms with Crippen molar-refractivity contribution in [3.05, 3.63) is 21.9 Å². The molecule has 0 radical (unpaired) electrons. The number of nitrogens with zero attached hydrogens (tertiary/aromatic N) is 1. The number of hydrogen-bond donors (Lipinski definition) is 0. The van der Waals surface area contributed by atoms with Gasteiger partial charge in [-0.25, -0.2) is 0 Å². The SMILES string of the molecule is CCCCCCCCC[C@H]1CC[C@H](C2(c3cc4sc(C#N)cc4s3)CCCCC2)CC1. The second-order valence-electron chi connectivity index (χ2n) is 10.4. The first-order valence-corrected chi connectivity index (χ1v) is 14.8. The molecule has 0 unspecified atom stereocenters. The maximum atomic E-state index is 9.25. The molecule has 0 aliphatic heterocycles. The van der Waals surface area contributed by atoms with Gasteiger partial charge in [0.05, 0.1) is 0 Å². The van der Waals surface area contributed by atoms with Gasteiger partial charge in [-0.3, -0.25) is 0 Å². The lowest BCUT2D eigenvalue weighted by molar-refractivity contribution is 0.127. The minimum absolute atomic E-state index is 0.443. The quantitative estimate of drug-likeness (QED) is 0.327. The summed E-state index contributed by atoms with van der Waals surface area (Å²) in [4.78, 5) is 2.53. The van der Waals surface area contributed by atoms with Gasteiger partial charge in [0.15, 0.2) is 0 Å². The molecule has 0 aromatic carbocycles. The largest absolute Gasteiger partial charge is 0.192 e. The molecule has 4 rings (SSSR count). The van der Waals surface area contributed by atoms with Crippen LogP contribution >= 0.6 is 22.7 Å². The van der Waals surface area contributed by atoms with Crippen LogP contribution in [-0.4, -0.2) is 0 Å². The number of unbranched alkanes of at least 4 members (excludes halogenated alkanes) is 6. The van der Waals surface area contributed by atoms with Crippen molar-refractivity contribution in [2.24, 2.45) is 11.8 Å². The molecule has 0 spiro atoms. The molecule has 0 amide bonds. The summed E-state index contributed by atoms with van der Waals surface area (Å²) in [6.45, 7) is 2.31. The Hall–Kier alpha value is -0.850. The summed E-state index contributed by atoms with van der Waals surface area (Å²) in [5.41, 5.74) is 0.443. The summed E-state index contributed by atoms with van der Waals surface area (Å²) in [5, 5.41) is 9.25. The fraction of sp³-hybridized carbons (Fsp3) is 0.750. The summed E-state index contributed by atoms with van der Waals surface area (Å²) in [6, 6.07) is 6.95. The van der Waals surface area contributed by atoms with Crippen molar-refractivity contribution in [2.45, 2.75) is 121 Å². The predicted molar refractivity (Wildman–Crippen MR) is 137 cm³/mol. The Bertz CT molecular complexity index is 809. The highest BCUT2D eigenvalue weighted by Crippen LogP contribution is 2.54. The Morgan fingerprint density at radius 1 is 0.871 bits per heavy atom. The second kappa shape index (κ2) is 11.3. The van der Waals surface area contributed by atoms with Crippen molar-refractivity contribution in [2.75, 3.05) is 0 Å². The number of thiophene rings is 2. The molecule has 170 valence electrons. The van der Waals surface area contributed by atoms with Crippen molar-refractivity contribution in [1.29, 1.82) is 5.26 Å². The van der Waals surface area contributed by atoms with E-state index in [9.17, 15) is 5.26 Å². The third-order valence-corrected chi connectivity index (χ3v) is 10.8. The van der Waals surface area contributed by atoms with Crippen LogP contribution in [0.1, 0.15) is 126 Å². The van der Waals surface area contributed by atoms with Gasteiger partial charge in [-0.05, 0) is 49.7 Å². The van der Waals surface area contributed by atoms with Gasteiger partial charge in [0.25, 0.3) is 0 Å². The van der Waals surface area contributed by atoms with E-state index in [1.165, 1.54) is 119 Å². The first kappa shape index (κ1) is 23.3. The van der Waals surface area contributed by atoms with E-state index < -0.39 is 0 Å². The zero-order chi connectivity index (χ0) is 21.5. The normalized spacial score (nSPS) is 23.7. The van der Waals surface area contributed by atoms with E-state index in [0.717, 1.165) is 16.7 Å². The molecular weight excluding hydrogens is 414 g/mol. The summed E-state index contributed by atoms with van der Waals surface area (Å²) >= 11 is 3.71. The van der Waals surface area contributed by atoms with Gasteiger partial charge < -0.3 is 0 Å². The summed E-state index contributed by atoms with van der Waals surface area (Å²) in [6.07, 6.45) is 24.5. The average Bonchev–Trinajstić information content (AvgIpc) is 3.39. The fourth-order valence-electron chi connectivity index (χ4n) is 6.57. The van der Waals surface area contributed by atoms with Crippen LogP contribution in [0, 0.1) is 23.2 Å². The van der Waals surface area contributed by atoms with Crippen molar-refractivity contribution in [1.82, 2.24) is 0 Å². The van der Waals surface area contributed by atoms with Gasteiger partial charge in [-0.1, -0.05) is 90.4 Å². The number of nitriles is 1. The van der Waals surface area contributed by atoms with E-state index in [1.54, 1.807) is 16.2 Å². The first-order chi connectivity index (χ1) is 15.2. The molecule has 1 nitrogen and oxygen atoms in total. The van der Waals surface area contributed by atoms with E-state index >= 15 is 0 Å². The van der Waals surface area contributed by atoms with E-state index in [2.05, 4.69) is 25.1 Å². The van der Waals surface area contributed by atoms with Gasteiger partial charge in [-0.15, -0.1) is 22.7 Å². The van der Waals surface area contributed by atoms with Crippen LogP contribution in [0.15, 0.2) is 12.1 Å². The van der Waals surface area contributed by atoms with Crippen LogP contribution in [0.5, 0.6) is 0 Å². The lowest BCUT2D eigenvalue weighted by Gasteiger charge is -2.46. The monoisotopic (exact) mass is 455 g/mol. The Morgan fingerprint density at radius 2 is 1.55 bits per heavy atom. The minimum Gasteiger partial charge on any atom is -0.192 e. The van der Waals surface area contributed by atoms with Crippen molar-refractivity contribution in [3.8, 4) is 6.07 Å². The highest BCUT2D eigenvalue weighted by molar-refractivity contribution is 7.28. The summed E-state index contributed by atoms with van der Waals surface area (Å²) in [5.74, 6) is 1.89. The first-order valence-electron chi connectivity index (χ1n) is 13.2. The zero-order valence-corrected chi connectivity index (χ0v) is 21.2. The molecule has 3 heteroatoms. The molecule has 2 fully saturated rings. The number of hydrogen-bond acceptors (Lipinski definition) is 3. The lowest BCUT2D eigenvalue weighted by Crippen LogP contribution is -2.38. The Labute approximate surface area is 198 Å². The Kier molecular flexibility index (Phi) is 8.52. The molecule has 2 saturated carbocycles. The topological polar surface area (TPSA) is 23.8 Å². The van der Waals surface area contributed by atoms with Gasteiger partial charge in [0.1, 0.15) is 10.9 Å². The molecule has 2 aliphatic rings. The number of rotatable bonds is 10. The molecular formula is C28H41NS2. The molecule has 0 bridgehead atoms. The number of fused-ring (bicyclic) bond motifs is 1. The van der Waals surface area contributed by atoms with E-state index in [4.69, 9.17) is 0 Å². The maximum absolute atomic E-state index is 9.25. The Morgan fingerprint density at radius 3 is 2.23 bits per heavy atom. The van der Waals surface area contributed by atoms with Crippen molar-refractivity contribution < 1.29 is 0 Å².